The van der Waals surface area contributed by atoms with E-state index in [4.69, 9.17) is 5.84 Å². The van der Waals surface area contributed by atoms with Gasteiger partial charge in [-0.05, 0) is 18.9 Å². The zero-order valence-corrected chi connectivity index (χ0v) is 11.6. The Morgan fingerprint density at radius 3 is 3.05 bits per heavy atom. The smallest absolute Gasteiger partial charge is 0.240 e. The van der Waals surface area contributed by atoms with E-state index in [1.54, 1.807) is 11.3 Å². The van der Waals surface area contributed by atoms with Gasteiger partial charge in [0.2, 0.25) is 5.95 Å². The molecule has 1 fully saturated rings. The number of nitrogens with two attached hydrogens (primary N) is 1. The first-order valence-corrected chi connectivity index (χ1v) is 7.23. The molecule has 1 aliphatic heterocycles. The normalized spacial score (nSPS) is 19.3. The summed E-state index contributed by atoms with van der Waals surface area (Å²) in [5, 5.41) is 10.7. The van der Waals surface area contributed by atoms with E-state index in [1.165, 1.54) is 4.88 Å². The lowest BCUT2D eigenvalue weighted by Crippen LogP contribution is -2.23. The maximum atomic E-state index is 9.69. The molecular weight excluding hydrogens is 262 g/mol. The standard InChI is InChI=1S/C12H17N5OS/c1-2-8-5-9-10(17-4-3-7(18)6-17)14-12(16-13)15-11(9)19-8/h5,7,18H,2-4,6,13H2,1H3,(H,14,15,16). The summed E-state index contributed by atoms with van der Waals surface area (Å²) in [7, 11) is 0. The number of hydrogen-bond acceptors (Lipinski definition) is 7. The predicted octanol–water partition coefficient (Wildman–Crippen LogP) is 1.11. The molecule has 0 aliphatic carbocycles. The first-order chi connectivity index (χ1) is 9.21. The number of hydrogen-bond donors (Lipinski definition) is 3. The fraction of sp³-hybridized carbons (Fsp3) is 0.500. The maximum Gasteiger partial charge on any atom is 0.240 e. The predicted molar refractivity (Wildman–Crippen MR) is 77.4 cm³/mol. The summed E-state index contributed by atoms with van der Waals surface area (Å²) in [6.45, 7) is 3.56. The molecule has 6 nitrogen and oxygen atoms in total. The molecule has 102 valence electrons. The number of anilines is 2. The number of hydrazine groups is 1. The van der Waals surface area contributed by atoms with Crippen LogP contribution >= 0.6 is 11.3 Å². The first kappa shape index (κ1) is 12.6. The molecular formula is C12H17N5OS. The Labute approximate surface area is 115 Å². The molecule has 0 saturated carbocycles. The Balaban J connectivity index is 2.12. The van der Waals surface area contributed by atoms with Crippen LogP contribution in [-0.4, -0.2) is 34.3 Å². The highest BCUT2D eigenvalue weighted by atomic mass is 32.1. The van der Waals surface area contributed by atoms with Crippen LogP contribution in [0, 0.1) is 0 Å². The Morgan fingerprint density at radius 2 is 2.42 bits per heavy atom. The highest BCUT2D eigenvalue weighted by molar-refractivity contribution is 7.18. The number of aromatic nitrogens is 2. The summed E-state index contributed by atoms with van der Waals surface area (Å²) in [5.74, 6) is 6.73. The van der Waals surface area contributed by atoms with Crippen molar-refractivity contribution in [2.75, 3.05) is 23.4 Å². The second-order valence-electron chi connectivity index (χ2n) is 4.69. The van der Waals surface area contributed by atoms with Crippen molar-refractivity contribution in [2.45, 2.75) is 25.9 Å². The molecule has 0 bridgehead atoms. The van der Waals surface area contributed by atoms with Crippen molar-refractivity contribution in [3.63, 3.8) is 0 Å². The van der Waals surface area contributed by atoms with Gasteiger partial charge in [0.05, 0.1) is 11.5 Å². The summed E-state index contributed by atoms with van der Waals surface area (Å²) >= 11 is 1.66. The molecule has 0 radical (unpaired) electrons. The summed E-state index contributed by atoms with van der Waals surface area (Å²) in [5.41, 5.74) is 2.52. The topological polar surface area (TPSA) is 87.3 Å². The number of fused-ring (bicyclic) bond motifs is 1. The van der Waals surface area contributed by atoms with Crippen molar-refractivity contribution >= 4 is 33.3 Å². The summed E-state index contributed by atoms with van der Waals surface area (Å²) in [4.78, 5) is 13.2. The number of nitrogens with zero attached hydrogens (tertiary/aromatic N) is 3. The van der Waals surface area contributed by atoms with Gasteiger partial charge < -0.3 is 10.0 Å². The van der Waals surface area contributed by atoms with Crippen LogP contribution in [0.5, 0.6) is 0 Å². The summed E-state index contributed by atoms with van der Waals surface area (Å²) in [6.07, 6.45) is 1.49. The quantitative estimate of drug-likeness (QED) is 0.576. The Bertz CT molecular complexity index is 599. The van der Waals surface area contributed by atoms with Crippen LogP contribution in [-0.2, 0) is 6.42 Å². The highest BCUT2D eigenvalue weighted by Crippen LogP contribution is 2.33. The molecule has 3 rings (SSSR count). The van der Waals surface area contributed by atoms with E-state index in [1.807, 2.05) is 0 Å². The van der Waals surface area contributed by atoms with Gasteiger partial charge in [-0.3, -0.25) is 5.43 Å². The van der Waals surface area contributed by atoms with Gasteiger partial charge >= 0.3 is 0 Å². The van der Waals surface area contributed by atoms with Crippen molar-refractivity contribution in [2.24, 2.45) is 5.84 Å². The van der Waals surface area contributed by atoms with Gasteiger partial charge in [-0.2, -0.15) is 4.98 Å². The van der Waals surface area contributed by atoms with Crippen LogP contribution in [0.15, 0.2) is 6.07 Å². The number of β-amino-alcohol motifs (C(OH)–C–C–N with tert-alkyl or cyclic N) is 1. The number of aliphatic hydroxyl groups excluding tert-OH is 1. The zero-order chi connectivity index (χ0) is 13.4. The first-order valence-electron chi connectivity index (χ1n) is 6.41. The second-order valence-corrected chi connectivity index (χ2v) is 5.80. The monoisotopic (exact) mass is 279 g/mol. The number of rotatable bonds is 3. The van der Waals surface area contributed by atoms with Crippen molar-refractivity contribution in [1.82, 2.24) is 9.97 Å². The molecule has 4 N–H and O–H groups in total. The lowest BCUT2D eigenvalue weighted by atomic mass is 10.3. The van der Waals surface area contributed by atoms with Crippen LogP contribution < -0.4 is 16.2 Å². The SMILES string of the molecule is CCc1cc2c(N3CCC(O)C3)nc(NN)nc2s1. The maximum absolute atomic E-state index is 9.69. The minimum atomic E-state index is -0.274. The fourth-order valence-corrected chi connectivity index (χ4v) is 3.33. The van der Waals surface area contributed by atoms with E-state index in [0.29, 0.717) is 12.5 Å². The third-order valence-corrected chi connectivity index (χ3v) is 4.54. The molecule has 2 aromatic rings. The van der Waals surface area contributed by atoms with Gasteiger partial charge in [-0.15, -0.1) is 11.3 Å². The minimum absolute atomic E-state index is 0.274. The Morgan fingerprint density at radius 1 is 1.58 bits per heavy atom. The lowest BCUT2D eigenvalue weighted by Gasteiger charge is -2.18. The largest absolute Gasteiger partial charge is 0.391 e. The minimum Gasteiger partial charge on any atom is -0.391 e. The molecule has 0 amide bonds. The molecule has 3 heterocycles. The number of aliphatic hydroxyl groups is 1. The number of nitrogens with one attached hydrogen (secondary N) is 1. The second kappa shape index (κ2) is 4.92. The van der Waals surface area contributed by atoms with E-state index in [0.717, 1.165) is 35.4 Å². The Hall–Kier alpha value is -1.44. The lowest BCUT2D eigenvalue weighted by molar-refractivity contribution is 0.198. The average Bonchev–Trinajstić information content (AvgIpc) is 3.02. The van der Waals surface area contributed by atoms with E-state index < -0.39 is 0 Å². The van der Waals surface area contributed by atoms with Crippen molar-refractivity contribution in [3.05, 3.63) is 10.9 Å². The number of nitrogen functional groups attached to an aromatic ring is 1. The van der Waals surface area contributed by atoms with Gasteiger partial charge in [0.1, 0.15) is 10.6 Å². The molecule has 1 saturated heterocycles. The van der Waals surface area contributed by atoms with Crippen LogP contribution in [0.3, 0.4) is 0 Å². The third-order valence-electron chi connectivity index (χ3n) is 3.36. The van der Waals surface area contributed by atoms with E-state index in [2.05, 4.69) is 33.3 Å². The molecule has 1 atom stereocenters. The fourth-order valence-electron chi connectivity index (χ4n) is 2.37. The van der Waals surface area contributed by atoms with Crippen molar-refractivity contribution < 1.29 is 5.11 Å². The van der Waals surface area contributed by atoms with Gasteiger partial charge in [-0.1, -0.05) is 6.92 Å². The summed E-state index contributed by atoms with van der Waals surface area (Å²) < 4.78 is 0. The average molecular weight is 279 g/mol. The molecule has 1 unspecified atom stereocenters. The van der Waals surface area contributed by atoms with E-state index in [-0.39, 0.29) is 6.10 Å². The third kappa shape index (κ3) is 2.24. The molecule has 19 heavy (non-hydrogen) atoms. The zero-order valence-electron chi connectivity index (χ0n) is 10.8. The molecule has 0 spiro atoms. The highest BCUT2D eigenvalue weighted by Gasteiger charge is 2.24. The van der Waals surface area contributed by atoms with Crippen LogP contribution in [0.4, 0.5) is 11.8 Å². The summed E-state index contributed by atoms with van der Waals surface area (Å²) in [6, 6.07) is 2.14. The molecule has 1 aliphatic rings. The van der Waals surface area contributed by atoms with Crippen LogP contribution in [0.25, 0.3) is 10.2 Å². The van der Waals surface area contributed by atoms with Crippen LogP contribution in [0.1, 0.15) is 18.2 Å². The van der Waals surface area contributed by atoms with Crippen molar-refractivity contribution in [3.8, 4) is 0 Å². The molecule has 7 heteroatoms. The van der Waals surface area contributed by atoms with Gasteiger partial charge in [0.15, 0.2) is 0 Å². The number of aryl methyl sites for hydroxylation is 1. The molecule has 0 aromatic carbocycles. The van der Waals surface area contributed by atoms with E-state index in [9.17, 15) is 5.11 Å². The molecule has 2 aromatic heterocycles. The van der Waals surface area contributed by atoms with Crippen LogP contribution in [0.2, 0.25) is 0 Å². The number of thiophene rings is 1. The van der Waals surface area contributed by atoms with Crippen molar-refractivity contribution in [1.29, 1.82) is 0 Å². The van der Waals surface area contributed by atoms with E-state index >= 15 is 0 Å². The Kier molecular flexibility index (Phi) is 3.26. The van der Waals surface area contributed by atoms with Gasteiger partial charge in [-0.25, -0.2) is 10.8 Å². The van der Waals surface area contributed by atoms with Gasteiger partial charge in [0.25, 0.3) is 0 Å². The van der Waals surface area contributed by atoms with Gasteiger partial charge in [0, 0.05) is 18.0 Å².